The van der Waals surface area contributed by atoms with Crippen molar-refractivity contribution in [2.45, 2.75) is 26.4 Å². The zero-order valence-corrected chi connectivity index (χ0v) is 28.4. The molecule has 0 saturated heterocycles. The number of carbonyl (C=O) groups excluding carboxylic acids is 2. The van der Waals surface area contributed by atoms with Gasteiger partial charge in [0.05, 0.1) is 53.5 Å². The minimum Gasteiger partial charge on any atom is -0.494 e. The van der Waals surface area contributed by atoms with Gasteiger partial charge in [0.2, 0.25) is 21.9 Å². The fourth-order valence-electron chi connectivity index (χ4n) is 4.41. The molecule has 248 valence electrons. The molecule has 0 aliphatic heterocycles. The number of likely N-dealkylation sites (N-methyl/N-ethyl adjacent to an activating group) is 2. The van der Waals surface area contributed by atoms with Gasteiger partial charge < -0.3 is 29.9 Å². The first kappa shape index (κ1) is 35.8. The highest BCUT2D eigenvalue weighted by atomic mass is 32.2. The number of esters is 1. The summed E-state index contributed by atoms with van der Waals surface area (Å²) in [6, 6.07) is 10.5. The van der Waals surface area contributed by atoms with Crippen LogP contribution in [0.25, 0.3) is 0 Å². The van der Waals surface area contributed by atoms with Crippen molar-refractivity contribution in [2.24, 2.45) is 0 Å². The van der Waals surface area contributed by atoms with E-state index in [0.29, 0.717) is 40.6 Å². The van der Waals surface area contributed by atoms with E-state index in [1.165, 1.54) is 30.7 Å². The van der Waals surface area contributed by atoms with Crippen LogP contribution in [-0.4, -0.2) is 95.9 Å². The number of sulfonamides is 1. The number of hydrogen-bond donors (Lipinski definition) is 2. The van der Waals surface area contributed by atoms with E-state index < -0.39 is 16.0 Å². The first-order valence-electron chi connectivity index (χ1n) is 14.5. The monoisotopic (exact) mass is 653 g/mol. The van der Waals surface area contributed by atoms with Crippen LogP contribution in [0, 0.1) is 0 Å². The largest absolute Gasteiger partial charge is 0.494 e. The van der Waals surface area contributed by atoms with Crippen molar-refractivity contribution in [1.29, 1.82) is 0 Å². The number of aromatic nitrogens is 2. The van der Waals surface area contributed by atoms with E-state index in [2.05, 4.69) is 32.1 Å². The molecular formula is C32H43N7O6S. The van der Waals surface area contributed by atoms with Crippen molar-refractivity contribution < 1.29 is 27.5 Å². The molecule has 1 heterocycles. The molecule has 1 aromatic heterocycles. The predicted octanol–water partition coefficient (Wildman–Crippen LogP) is 3.90. The number of ether oxygens (including phenoxy) is 2. The van der Waals surface area contributed by atoms with E-state index >= 15 is 0 Å². The van der Waals surface area contributed by atoms with Crippen LogP contribution in [-0.2, 0) is 26.0 Å². The minimum atomic E-state index is -3.56. The predicted molar refractivity (Wildman–Crippen MR) is 182 cm³/mol. The second kappa shape index (κ2) is 15.5. The molecule has 13 nitrogen and oxygen atoms in total. The van der Waals surface area contributed by atoms with E-state index in [1.807, 2.05) is 26.0 Å². The third-order valence-corrected chi connectivity index (χ3v) is 8.11. The number of nitrogens with one attached hydrogen (secondary N) is 2. The van der Waals surface area contributed by atoms with Crippen LogP contribution in [0.1, 0.15) is 35.5 Å². The SMILES string of the molecule is C=CC(=O)Nc1cc(Nc2ncc(C(=O)OC(C)C)c(Cc3ccccc3N(C)S(C)(=O)=O)n2)c(OC)cc1N(C)CCN(C)C. The first-order valence-corrected chi connectivity index (χ1v) is 16.4. The maximum absolute atomic E-state index is 13.1. The summed E-state index contributed by atoms with van der Waals surface area (Å²) in [5.74, 6) is -0.403. The fourth-order valence-corrected chi connectivity index (χ4v) is 4.95. The number of methoxy groups -OCH3 is 1. The van der Waals surface area contributed by atoms with E-state index in [4.69, 9.17) is 9.47 Å². The molecule has 3 rings (SSSR count). The number of amides is 1. The van der Waals surface area contributed by atoms with Crippen LogP contribution >= 0.6 is 0 Å². The molecule has 0 fully saturated rings. The van der Waals surface area contributed by atoms with Crippen LogP contribution < -0.4 is 24.6 Å². The Morgan fingerprint density at radius 1 is 1.04 bits per heavy atom. The summed E-state index contributed by atoms with van der Waals surface area (Å²) in [6.07, 6.45) is 3.39. The fraction of sp³-hybridized carbons (Fsp3) is 0.375. The lowest BCUT2D eigenvalue weighted by Crippen LogP contribution is -2.29. The Bertz CT molecular complexity index is 1680. The lowest BCUT2D eigenvalue weighted by molar-refractivity contribution is -0.111. The van der Waals surface area contributed by atoms with Gasteiger partial charge in [-0.3, -0.25) is 9.10 Å². The Kier molecular flexibility index (Phi) is 12.1. The van der Waals surface area contributed by atoms with Gasteiger partial charge in [0, 0.05) is 45.9 Å². The lowest BCUT2D eigenvalue weighted by atomic mass is 10.0. The van der Waals surface area contributed by atoms with Gasteiger partial charge in [-0.2, -0.15) is 0 Å². The Labute approximate surface area is 271 Å². The summed E-state index contributed by atoms with van der Waals surface area (Å²) in [5.41, 5.74) is 3.20. The second-order valence-electron chi connectivity index (χ2n) is 11.2. The summed E-state index contributed by atoms with van der Waals surface area (Å²) < 4.78 is 37.1. The summed E-state index contributed by atoms with van der Waals surface area (Å²) in [5, 5.41) is 6.01. The molecule has 0 bridgehead atoms. The topological polar surface area (TPSA) is 146 Å². The Morgan fingerprint density at radius 2 is 1.74 bits per heavy atom. The number of hydrogen-bond acceptors (Lipinski definition) is 11. The van der Waals surface area contributed by atoms with Crippen molar-refractivity contribution in [3.63, 3.8) is 0 Å². The molecule has 0 saturated carbocycles. The van der Waals surface area contributed by atoms with E-state index in [0.717, 1.165) is 18.5 Å². The van der Waals surface area contributed by atoms with Gasteiger partial charge in [-0.05, 0) is 51.7 Å². The molecule has 3 aromatic rings. The number of nitrogens with zero attached hydrogens (tertiary/aromatic N) is 5. The number of benzene rings is 2. The maximum Gasteiger partial charge on any atom is 0.341 e. The van der Waals surface area contributed by atoms with Gasteiger partial charge in [-0.15, -0.1) is 0 Å². The molecule has 46 heavy (non-hydrogen) atoms. The Morgan fingerprint density at radius 3 is 2.35 bits per heavy atom. The molecule has 14 heteroatoms. The van der Waals surface area contributed by atoms with Gasteiger partial charge in [0.25, 0.3) is 0 Å². The summed E-state index contributed by atoms with van der Waals surface area (Å²) in [4.78, 5) is 38.6. The molecule has 0 spiro atoms. The van der Waals surface area contributed by atoms with Gasteiger partial charge >= 0.3 is 5.97 Å². The molecule has 0 aliphatic carbocycles. The number of rotatable bonds is 15. The minimum absolute atomic E-state index is 0.100. The standard InChI is InChI=1S/C32H43N7O6S/c1-10-30(40)34-25-18-26(29(44-8)19-28(25)38(6)16-15-37(4)5)36-32-33-20-23(31(41)45-21(2)3)24(35-32)17-22-13-11-12-14-27(22)39(7)46(9,42)43/h10-14,18-21H,1,15-17H2,2-9H3,(H,34,40)(H,33,35,36). The smallest absolute Gasteiger partial charge is 0.341 e. The van der Waals surface area contributed by atoms with Crippen molar-refractivity contribution in [2.75, 3.05) is 74.5 Å². The lowest BCUT2D eigenvalue weighted by Gasteiger charge is -2.26. The summed E-state index contributed by atoms with van der Waals surface area (Å²) >= 11 is 0. The molecule has 0 unspecified atom stereocenters. The normalized spacial score (nSPS) is 11.3. The van der Waals surface area contributed by atoms with E-state index in [-0.39, 0.29) is 29.9 Å². The summed E-state index contributed by atoms with van der Waals surface area (Å²) in [7, 11) is 5.30. The summed E-state index contributed by atoms with van der Waals surface area (Å²) in [6.45, 7) is 8.49. The van der Waals surface area contributed by atoms with E-state index in [9.17, 15) is 18.0 Å². The Balaban J connectivity index is 2.11. The van der Waals surface area contributed by atoms with Gasteiger partial charge in [0.1, 0.15) is 5.75 Å². The van der Waals surface area contributed by atoms with Gasteiger partial charge in [0.15, 0.2) is 0 Å². The molecular weight excluding hydrogens is 610 g/mol. The van der Waals surface area contributed by atoms with Gasteiger partial charge in [-0.25, -0.2) is 23.2 Å². The number of para-hydroxylation sites is 1. The van der Waals surface area contributed by atoms with Gasteiger partial charge in [-0.1, -0.05) is 24.8 Å². The average molecular weight is 654 g/mol. The maximum atomic E-state index is 13.1. The first-order chi connectivity index (χ1) is 21.6. The molecule has 0 atom stereocenters. The second-order valence-corrected chi connectivity index (χ2v) is 13.2. The zero-order valence-electron chi connectivity index (χ0n) is 27.6. The van der Waals surface area contributed by atoms with E-state index in [1.54, 1.807) is 50.2 Å². The Hall–Kier alpha value is -4.69. The quantitative estimate of drug-likeness (QED) is 0.182. The molecule has 2 aromatic carbocycles. The highest BCUT2D eigenvalue weighted by molar-refractivity contribution is 7.92. The average Bonchev–Trinajstić information content (AvgIpc) is 2.99. The highest BCUT2D eigenvalue weighted by Crippen LogP contribution is 2.38. The molecule has 2 N–H and O–H groups in total. The van der Waals surface area contributed by atoms with Crippen molar-refractivity contribution in [3.8, 4) is 5.75 Å². The van der Waals surface area contributed by atoms with Crippen molar-refractivity contribution in [3.05, 3.63) is 72.1 Å². The highest BCUT2D eigenvalue weighted by Gasteiger charge is 2.22. The van der Waals surface area contributed by atoms with Crippen LogP contribution in [0.15, 0.2) is 55.3 Å². The number of carbonyl (C=O) groups is 2. The van der Waals surface area contributed by atoms with Crippen LogP contribution in [0.4, 0.5) is 28.7 Å². The van der Waals surface area contributed by atoms with Crippen molar-refractivity contribution in [1.82, 2.24) is 14.9 Å². The molecule has 0 radical (unpaired) electrons. The third-order valence-electron chi connectivity index (χ3n) is 6.92. The molecule has 0 aliphatic rings. The molecule has 1 amide bonds. The van der Waals surface area contributed by atoms with Crippen LogP contribution in [0.3, 0.4) is 0 Å². The van der Waals surface area contributed by atoms with Crippen molar-refractivity contribution >= 4 is 50.6 Å². The van der Waals surface area contributed by atoms with Crippen LogP contribution in [0.2, 0.25) is 0 Å². The van der Waals surface area contributed by atoms with Crippen LogP contribution in [0.5, 0.6) is 5.75 Å². The third kappa shape index (κ3) is 9.41. The number of anilines is 5. The zero-order chi connectivity index (χ0) is 34.2.